The maximum atomic E-state index is 11.2. The van der Waals surface area contributed by atoms with Crippen molar-refractivity contribution >= 4 is 16.6 Å². The van der Waals surface area contributed by atoms with Crippen molar-refractivity contribution in [3.05, 3.63) is 53.7 Å². The highest BCUT2D eigenvalue weighted by atomic mass is 16.5. The molecular formula is C18H18N2O3. The molecule has 0 aliphatic carbocycles. The predicted molar refractivity (Wildman–Crippen MR) is 89.1 cm³/mol. The maximum absolute atomic E-state index is 11.2. The van der Waals surface area contributed by atoms with E-state index in [1.165, 1.54) is 0 Å². The van der Waals surface area contributed by atoms with Crippen LogP contribution in [-0.4, -0.2) is 24.3 Å². The molecule has 23 heavy (non-hydrogen) atoms. The van der Waals surface area contributed by atoms with Crippen LogP contribution in [0.2, 0.25) is 0 Å². The normalized spacial score (nSPS) is 19.4. The first-order chi connectivity index (χ1) is 11.2. The summed E-state index contributed by atoms with van der Waals surface area (Å²) in [6.45, 7) is 0. The van der Waals surface area contributed by atoms with Crippen molar-refractivity contribution in [1.29, 1.82) is 0 Å². The fraction of sp³-hybridized carbons (Fsp3) is 0.222. The number of aromatic nitrogens is 1. The van der Waals surface area contributed by atoms with E-state index < -0.39 is 5.72 Å². The van der Waals surface area contributed by atoms with Gasteiger partial charge in [0, 0.05) is 29.1 Å². The van der Waals surface area contributed by atoms with Gasteiger partial charge in [-0.15, -0.1) is 0 Å². The van der Waals surface area contributed by atoms with Crippen LogP contribution in [0, 0.1) is 0 Å². The summed E-state index contributed by atoms with van der Waals surface area (Å²) in [5.74, 6) is 1.25. The number of methoxy groups -OCH3 is 2. The summed E-state index contributed by atoms with van der Waals surface area (Å²) in [4.78, 5) is 3.21. The third-order valence-electron chi connectivity index (χ3n) is 4.44. The van der Waals surface area contributed by atoms with Gasteiger partial charge in [0.15, 0.2) is 17.2 Å². The Morgan fingerprint density at radius 3 is 2.70 bits per heavy atom. The first-order valence-electron chi connectivity index (χ1n) is 7.47. The van der Waals surface area contributed by atoms with Crippen LogP contribution < -0.4 is 14.8 Å². The number of ether oxygens (including phenoxy) is 2. The van der Waals surface area contributed by atoms with E-state index in [0.717, 1.165) is 27.7 Å². The van der Waals surface area contributed by atoms with Gasteiger partial charge in [-0.05, 0) is 17.7 Å². The predicted octanol–water partition coefficient (Wildman–Crippen LogP) is 3.00. The molecule has 2 heterocycles. The number of nitrogens with one attached hydrogen (secondary N) is 2. The largest absolute Gasteiger partial charge is 0.493 e. The third kappa shape index (κ3) is 1.97. The van der Waals surface area contributed by atoms with E-state index in [2.05, 4.69) is 10.3 Å². The van der Waals surface area contributed by atoms with E-state index in [0.29, 0.717) is 17.9 Å². The third-order valence-corrected chi connectivity index (χ3v) is 4.44. The lowest BCUT2D eigenvalue weighted by Gasteiger charge is -2.23. The van der Waals surface area contributed by atoms with E-state index in [9.17, 15) is 5.11 Å². The molecule has 0 saturated carbocycles. The second-order valence-corrected chi connectivity index (χ2v) is 5.75. The zero-order chi connectivity index (χ0) is 16.0. The van der Waals surface area contributed by atoms with Crippen LogP contribution in [0.25, 0.3) is 10.9 Å². The fourth-order valence-electron chi connectivity index (χ4n) is 3.35. The highest BCUT2D eigenvalue weighted by Gasteiger charge is 2.40. The summed E-state index contributed by atoms with van der Waals surface area (Å²) in [6.07, 6.45) is 2.32. The topological polar surface area (TPSA) is 66.5 Å². The number of hydrogen-bond donors (Lipinski definition) is 3. The average molecular weight is 310 g/mol. The molecule has 4 rings (SSSR count). The number of H-pyrrole nitrogens is 1. The van der Waals surface area contributed by atoms with Gasteiger partial charge in [-0.1, -0.05) is 24.3 Å². The zero-order valence-electron chi connectivity index (χ0n) is 13.0. The van der Waals surface area contributed by atoms with Gasteiger partial charge >= 0.3 is 0 Å². The van der Waals surface area contributed by atoms with Crippen molar-refractivity contribution in [2.24, 2.45) is 0 Å². The summed E-state index contributed by atoms with van der Waals surface area (Å²) in [7, 11) is 3.20. The molecule has 0 radical (unpaired) electrons. The molecule has 1 aliphatic heterocycles. The SMILES string of the molecule is COc1ccc2c(c1OC)NC(O)(c1c[nH]c3ccccc13)C2. The molecule has 0 amide bonds. The summed E-state index contributed by atoms with van der Waals surface area (Å²) < 4.78 is 10.8. The van der Waals surface area contributed by atoms with Crippen molar-refractivity contribution in [3.63, 3.8) is 0 Å². The second-order valence-electron chi connectivity index (χ2n) is 5.75. The van der Waals surface area contributed by atoms with E-state index in [1.54, 1.807) is 14.2 Å². The Morgan fingerprint density at radius 2 is 1.91 bits per heavy atom. The van der Waals surface area contributed by atoms with Crippen LogP contribution in [0.3, 0.4) is 0 Å². The van der Waals surface area contributed by atoms with Crippen LogP contribution in [0.5, 0.6) is 11.5 Å². The number of anilines is 1. The number of aliphatic hydroxyl groups is 1. The van der Waals surface area contributed by atoms with E-state index in [4.69, 9.17) is 9.47 Å². The molecule has 118 valence electrons. The first kappa shape index (κ1) is 14.0. The monoisotopic (exact) mass is 310 g/mol. The minimum atomic E-state index is -1.18. The lowest BCUT2D eigenvalue weighted by Crippen LogP contribution is -2.32. The molecule has 1 aromatic heterocycles. The van der Waals surface area contributed by atoms with E-state index in [-0.39, 0.29) is 0 Å². The molecule has 5 heteroatoms. The molecular weight excluding hydrogens is 292 g/mol. The Balaban J connectivity index is 1.83. The molecule has 1 unspecified atom stereocenters. The standard InChI is InChI=1S/C18H18N2O3/c1-22-15-8-7-11-9-18(21,20-16(11)17(15)23-2)13-10-19-14-6-4-3-5-12(13)14/h3-8,10,19-21H,9H2,1-2H3. The number of aromatic amines is 1. The molecule has 0 bridgehead atoms. The molecule has 0 fully saturated rings. The maximum Gasteiger partial charge on any atom is 0.184 e. The summed E-state index contributed by atoms with van der Waals surface area (Å²) >= 11 is 0. The van der Waals surface area contributed by atoms with Gasteiger partial charge in [0.05, 0.1) is 19.9 Å². The minimum absolute atomic E-state index is 0.463. The van der Waals surface area contributed by atoms with Gasteiger partial charge in [-0.2, -0.15) is 0 Å². The molecule has 1 atom stereocenters. The highest BCUT2D eigenvalue weighted by molar-refractivity contribution is 5.85. The lowest BCUT2D eigenvalue weighted by atomic mass is 9.98. The van der Waals surface area contributed by atoms with E-state index in [1.807, 2.05) is 42.6 Å². The van der Waals surface area contributed by atoms with Crippen LogP contribution in [0.15, 0.2) is 42.6 Å². The molecule has 3 aromatic rings. The second kappa shape index (κ2) is 4.93. The Labute approximate surface area is 133 Å². The Morgan fingerprint density at radius 1 is 1.09 bits per heavy atom. The molecule has 2 aromatic carbocycles. The van der Waals surface area contributed by atoms with Crippen LogP contribution in [-0.2, 0) is 12.1 Å². The van der Waals surface area contributed by atoms with E-state index >= 15 is 0 Å². The molecule has 0 saturated heterocycles. The number of hydrogen-bond acceptors (Lipinski definition) is 4. The number of rotatable bonds is 3. The quantitative estimate of drug-likeness (QED) is 0.696. The lowest BCUT2D eigenvalue weighted by molar-refractivity contribution is 0.0772. The zero-order valence-corrected chi connectivity index (χ0v) is 13.0. The van der Waals surface area contributed by atoms with Crippen LogP contribution in [0.1, 0.15) is 11.1 Å². The summed E-state index contributed by atoms with van der Waals surface area (Å²) in [5, 5.41) is 15.5. The van der Waals surface area contributed by atoms with Crippen molar-refractivity contribution < 1.29 is 14.6 Å². The average Bonchev–Trinajstić information content (AvgIpc) is 3.14. The first-order valence-corrected chi connectivity index (χ1v) is 7.47. The van der Waals surface area contributed by atoms with Gasteiger partial charge in [0.25, 0.3) is 0 Å². The van der Waals surface area contributed by atoms with Crippen molar-refractivity contribution in [2.45, 2.75) is 12.1 Å². The van der Waals surface area contributed by atoms with Crippen molar-refractivity contribution in [1.82, 2.24) is 4.98 Å². The Hall–Kier alpha value is -2.66. The van der Waals surface area contributed by atoms with Crippen LogP contribution in [0.4, 0.5) is 5.69 Å². The van der Waals surface area contributed by atoms with Crippen molar-refractivity contribution in [3.8, 4) is 11.5 Å². The molecule has 5 nitrogen and oxygen atoms in total. The van der Waals surface area contributed by atoms with Gasteiger partial charge in [0.1, 0.15) is 0 Å². The van der Waals surface area contributed by atoms with Gasteiger partial charge in [-0.25, -0.2) is 0 Å². The Bertz CT molecular complexity index is 887. The van der Waals surface area contributed by atoms with Gasteiger partial charge < -0.3 is 24.9 Å². The van der Waals surface area contributed by atoms with Gasteiger partial charge in [-0.3, -0.25) is 0 Å². The summed E-state index contributed by atoms with van der Waals surface area (Å²) in [5.41, 5.74) is 2.42. The highest BCUT2D eigenvalue weighted by Crippen LogP contribution is 2.47. The fourth-order valence-corrected chi connectivity index (χ4v) is 3.35. The van der Waals surface area contributed by atoms with Crippen LogP contribution >= 0.6 is 0 Å². The summed E-state index contributed by atoms with van der Waals surface area (Å²) in [6, 6.07) is 11.7. The molecule has 3 N–H and O–H groups in total. The number of para-hydroxylation sites is 1. The van der Waals surface area contributed by atoms with Gasteiger partial charge in [0.2, 0.25) is 0 Å². The Kier molecular flexibility index (Phi) is 2.99. The molecule has 1 aliphatic rings. The number of fused-ring (bicyclic) bond motifs is 2. The smallest absolute Gasteiger partial charge is 0.184 e. The van der Waals surface area contributed by atoms with Crippen molar-refractivity contribution in [2.75, 3.05) is 19.5 Å². The minimum Gasteiger partial charge on any atom is -0.493 e. The number of benzene rings is 2. The molecule has 0 spiro atoms.